The van der Waals surface area contributed by atoms with Crippen LogP contribution >= 0.6 is 11.6 Å². The van der Waals surface area contributed by atoms with Gasteiger partial charge in [0.2, 0.25) is 0 Å². The average molecular weight is 362 g/mol. The van der Waals surface area contributed by atoms with Gasteiger partial charge in [-0.2, -0.15) is 0 Å². The van der Waals surface area contributed by atoms with Gasteiger partial charge in [0.15, 0.2) is 0 Å². The van der Waals surface area contributed by atoms with Gasteiger partial charge in [0.05, 0.1) is 24.7 Å². The lowest BCUT2D eigenvalue weighted by Crippen LogP contribution is -2.06. The molecule has 4 heteroatoms. The zero-order valence-electron chi connectivity index (χ0n) is 14.2. The molecule has 4 aromatic rings. The van der Waals surface area contributed by atoms with Crippen LogP contribution in [0.1, 0.15) is 5.56 Å². The highest BCUT2D eigenvalue weighted by molar-refractivity contribution is 6.30. The summed E-state index contributed by atoms with van der Waals surface area (Å²) >= 11 is 6.00. The number of carbonyl (C=O) groups is 1. The second-order valence-electron chi connectivity index (χ2n) is 6.11. The molecule has 26 heavy (non-hydrogen) atoms. The third kappa shape index (κ3) is 3.02. The molecule has 0 atom stereocenters. The van der Waals surface area contributed by atoms with Gasteiger partial charge >= 0.3 is 5.97 Å². The number of fused-ring (bicyclic) bond motifs is 3. The average Bonchev–Trinajstić information content (AvgIpc) is 2.68. The van der Waals surface area contributed by atoms with E-state index in [0.29, 0.717) is 5.02 Å². The first-order valence-corrected chi connectivity index (χ1v) is 8.67. The Labute approximate surface area is 156 Å². The quantitative estimate of drug-likeness (QED) is 0.361. The first kappa shape index (κ1) is 16.6. The molecule has 0 aliphatic heterocycles. The van der Waals surface area contributed by atoms with Gasteiger partial charge in [0.1, 0.15) is 0 Å². The highest BCUT2D eigenvalue weighted by Crippen LogP contribution is 2.31. The molecular weight excluding hydrogens is 346 g/mol. The van der Waals surface area contributed by atoms with E-state index in [1.54, 1.807) is 0 Å². The molecule has 0 unspecified atom stereocenters. The minimum Gasteiger partial charge on any atom is -0.469 e. The predicted molar refractivity (Wildman–Crippen MR) is 105 cm³/mol. The molecule has 4 rings (SSSR count). The Bertz CT molecular complexity index is 1120. The Morgan fingerprint density at radius 3 is 2.58 bits per heavy atom. The minimum absolute atomic E-state index is 0.199. The summed E-state index contributed by atoms with van der Waals surface area (Å²) in [4.78, 5) is 16.8. The number of pyridine rings is 1. The van der Waals surface area contributed by atoms with Gasteiger partial charge in [0, 0.05) is 16.0 Å². The highest BCUT2D eigenvalue weighted by Gasteiger charge is 2.14. The Kier molecular flexibility index (Phi) is 4.31. The molecule has 3 nitrogen and oxygen atoms in total. The fourth-order valence-electron chi connectivity index (χ4n) is 3.23. The molecule has 0 saturated heterocycles. The van der Waals surface area contributed by atoms with Crippen LogP contribution in [-0.4, -0.2) is 18.1 Å². The van der Waals surface area contributed by atoms with Gasteiger partial charge in [-0.25, -0.2) is 4.98 Å². The summed E-state index contributed by atoms with van der Waals surface area (Å²) in [5.41, 5.74) is 3.53. The topological polar surface area (TPSA) is 39.2 Å². The van der Waals surface area contributed by atoms with E-state index in [0.717, 1.165) is 38.5 Å². The molecule has 0 radical (unpaired) electrons. The SMILES string of the molecule is COC(=O)Cc1cc(-c2ccc(Cl)cc2)nc2ccc3ccccc3c12. The molecule has 0 bridgehead atoms. The third-order valence-electron chi connectivity index (χ3n) is 4.48. The first-order valence-electron chi connectivity index (χ1n) is 8.30. The number of nitrogens with zero attached hydrogens (tertiary/aromatic N) is 1. The fraction of sp³-hybridized carbons (Fsp3) is 0.0909. The number of hydrogen-bond acceptors (Lipinski definition) is 3. The van der Waals surface area contributed by atoms with Crippen molar-refractivity contribution in [3.8, 4) is 11.3 Å². The van der Waals surface area contributed by atoms with Crippen LogP contribution in [0.3, 0.4) is 0 Å². The van der Waals surface area contributed by atoms with E-state index in [1.165, 1.54) is 7.11 Å². The number of aromatic nitrogens is 1. The van der Waals surface area contributed by atoms with Crippen molar-refractivity contribution < 1.29 is 9.53 Å². The number of rotatable bonds is 3. The molecule has 0 fully saturated rings. The lowest BCUT2D eigenvalue weighted by molar-refractivity contribution is -0.139. The molecule has 0 N–H and O–H groups in total. The van der Waals surface area contributed by atoms with Crippen LogP contribution in [0.5, 0.6) is 0 Å². The maximum atomic E-state index is 12.0. The van der Waals surface area contributed by atoms with E-state index < -0.39 is 0 Å². The van der Waals surface area contributed by atoms with E-state index in [4.69, 9.17) is 21.3 Å². The van der Waals surface area contributed by atoms with E-state index in [2.05, 4.69) is 18.2 Å². The number of esters is 1. The molecule has 0 spiro atoms. The van der Waals surface area contributed by atoms with E-state index in [-0.39, 0.29) is 12.4 Å². The van der Waals surface area contributed by atoms with Crippen molar-refractivity contribution in [3.05, 3.63) is 77.3 Å². The monoisotopic (exact) mass is 361 g/mol. The van der Waals surface area contributed by atoms with E-state index >= 15 is 0 Å². The number of benzene rings is 3. The van der Waals surface area contributed by atoms with E-state index in [9.17, 15) is 4.79 Å². The molecule has 0 amide bonds. The van der Waals surface area contributed by atoms with Crippen LogP contribution in [-0.2, 0) is 16.0 Å². The standard InChI is InChI=1S/C22H16ClNO2/c1-26-21(25)13-16-12-20(15-6-9-17(23)10-7-15)24-19-11-8-14-4-2-3-5-18(14)22(16)19/h2-12H,13H2,1H3. The maximum Gasteiger partial charge on any atom is 0.310 e. The van der Waals surface area contributed by atoms with Gasteiger partial charge in [-0.15, -0.1) is 0 Å². The van der Waals surface area contributed by atoms with Crippen molar-refractivity contribution in [1.82, 2.24) is 4.98 Å². The normalized spacial score (nSPS) is 11.0. The molecule has 1 aromatic heterocycles. The molecule has 0 aliphatic carbocycles. The van der Waals surface area contributed by atoms with Crippen molar-refractivity contribution >= 4 is 39.2 Å². The van der Waals surface area contributed by atoms with Crippen LogP contribution in [0.2, 0.25) is 5.02 Å². The summed E-state index contributed by atoms with van der Waals surface area (Å²) in [5.74, 6) is -0.271. The first-order chi connectivity index (χ1) is 12.7. The summed E-state index contributed by atoms with van der Waals surface area (Å²) in [7, 11) is 1.41. The largest absolute Gasteiger partial charge is 0.469 e. The van der Waals surface area contributed by atoms with Crippen molar-refractivity contribution in [3.63, 3.8) is 0 Å². The summed E-state index contributed by atoms with van der Waals surface area (Å²) < 4.78 is 4.90. The van der Waals surface area contributed by atoms with Crippen molar-refractivity contribution in [2.24, 2.45) is 0 Å². The molecule has 0 aliphatic rings. The minimum atomic E-state index is -0.271. The number of halogens is 1. The predicted octanol–water partition coefficient (Wildman–Crippen LogP) is 5.42. The van der Waals surface area contributed by atoms with Crippen LogP contribution in [0, 0.1) is 0 Å². The van der Waals surface area contributed by atoms with E-state index in [1.807, 2.05) is 48.5 Å². The van der Waals surface area contributed by atoms with Gasteiger partial charge in [-0.3, -0.25) is 4.79 Å². The zero-order valence-corrected chi connectivity index (χ0v) is 15.0. The summed E-state index contributed by atoms with van der Waals surface area (Å²) in [6.45, 7) is 0. The van der Waals surface area contributed by atoms with Gasteiger partial charge in [-0.05, 0) is 40.6 Å². The van der Waals surface area contributed by atoms with Crippen LogP contribution in [0.4, 0.5) is 0 Å². The van der Waals surface area contributed by atoms with Gasteiger partial charge in [0.25, 0.3) is 0 Å². The summed E-state index contributed by atoms with van der Waals surface area (Å²) in [5, 5.41) is 3.87. The molecule has 3 aromatic carbocycles. The molecule has 1 heterocycles. The number of carbonyl (C=O) groups excluding carboxylic acids is 1. The summed E-state index contributed by atoms with van der Waals surface area (Å²) in [6, 6.07) is 21.7. The second-order valence-corrected chi connectivity index (χ2v) is 6.54. The molecule has 128 valence electrons. The van der Waals surface area contributed by atoms with Crippen LogP contribution in [0.25, 0.3) is 32.9 Å². The van der Waals surface area contributed by atoms with Crippen molar-refractivity contribution in [1.29, 1.82) is 0 Å². The van der Waals surface area contributed by atoms with Crippen molar-refractivity contribution in [2.75, 3.05) is 7.11 Å². The molecule has 0 saturated carbocycles. The Hall–Kier alpha value is -2.91. The van der Waals surface area contributed by atoms with Gasteiger partial charge < -0.3 is 4.74 Å². The zero-order chi connectivity index (χ0) is 18.1. The number of hydrogen-bond donors (Lipinski definition) is 0. The fourth-order valence-corrected chi connectivity index (χ4v) is 3.35. The Morgan fingerprint density at radius 1 is 1.04 bits per heavy atom. The van der Waals surface area contributed by atoms with Crippen LogP contribution < -0.4 is 0 Å². The highest BCUT2D eigenvalue weighted by atomic mass is 35.5. The Balaban J connectivity index is 2.00. The number of ether oxygens (including phenoxy) is 1. The van der Waals surface area contributed by atoms with Gasteiger partial charge in [-0.1, -0.05) is 54.1 Å². The second kappa shape index (κ2) is 6.77. The smallest absolute Gasteiger partial charge is 0.310 e. The lowest BCUT2D eigenvalue weighted by atomic mass is 9.97. The van der Waals surface area contributed by atoms with Crippen LogP contribution in [0.15, 0.2) is 66.7 Å². The summed E-state index contributed by atoms with van der Waals surface area (Å²) in [6.07, 6.45) is 0.199. The maximum absolute atomic E-state index is 12.0. The molecular formula is C22H16ClNO2. The van der Waals surface area contributed by atoms with Crippen molar-refractivity contribution in [2.45, 2.75) is 6.42 Å². The lowest BCUT2D eigenvalue weighted by Gasteiger charge is -2.12. The Morgan fingerprint density at radius 2 is 1.81 bits per heavy atom. The number of methoxy groups -OCH3 is 1. The third-order valence-corrected chi connectivity index (χ3v) is 4.73.